The number of carbonyl (C=O) groups is 1. The molecule has 0 bridgehead atoms. The molecular formula is C23H19F3N6O2. The summed E-state index contributed by atoms with van der Waals surface area (Å²) in [5.41, 5.74) is 5.73. The summed E-state index contributed by atoms with van der Waals surface area (Å²) in [4.78, 5) is 14.3. The molecule has 0 radical (unpaired) electrons. The van der Waals surface area contributed by atoms with Crippen LogP contribution in [-0.2, 0) is 12.6 Å². The Morgan fingerprint density at radius 3 is 2.47 bits per heavy atom. The monoisotopic (exact) mass is 468 g/mol. The number of hydrogen-bond acceptors (Lipinski definition) is 5. The second kappa shape index (κ2) is 9.25. The third-order valence-corrected chi connectivity index (χ3v) is 5.43. The number of allylic oxidation sites excluding steroid dienone is 1. The lowest BCUT2D eigenvalue weighted by Gasteiger charge is -2.42. The summed E-state index contributed by atoms with van der Waals surface area (Å²) in [5, 5.41) is 37.3. The molecule has 0 spiro atoms. The Balaban J connectivity index is 2.27. The number of carbonyl (C=O) groups excluding carboxylic acids is 1. The fraction of sp³-hybridized carbons (Fsp3) is 0.217. The van der Waals surface area contributed by atoms with Crippen LogP contribution in [0.15, 0.2) is 53.7 Å². The number of amides is 2. The Hall–Kier alpha value is -4.35. The first-order chi connectivity index (χ1) is 16.0. The van der Waals surface area contributed by atoms with Crippen LogP contribution >= 0.6 is 0 Å². The number of primary amides is 1. The topological polar surface area (TPSA) is 141 Å². The van der Waals surface area contributed by atoms with Gasteiger partial charge in [-0.1, -0.05) is 12.1 Å². The van der Waals surface area contributed by atoms with Crippen molar-refractivity contribution in [2.75, 3.05) is 11.5 Å². The van der Waals surface area contributed by atoms with E-state index in [4.69, 9.17) is 11.1 Å². The molecule has 1 aliphatic heterocycles. The number of rotatable bonds is 4. The quantitative estimate of drug-likeness (QED) is 0.626. The van der Waals surface area contributed by atoms with E-state index in [0.717, 1.165) is 28.0 Å². The Morgan fingerprint density at radius 1 is 1.21 bits per heavy atom. The van der Waals surface area contributed by atoms with Crippen molar-refractivity contribution in [1.29, 1.82) is 15.9 Å². The van der Waals surface area contributed by atoms with Crippen molar-refractivity contribution in [2.24, 2.45) is 5.73 Å². The van der Waals surface area contributed by atoms with Gasteiger partial charge in [0.2, 0.25) is 5.96 Å². The van der Waals surface area contributed by atoms with E-state index in [1.54, 1.807) is 0 Å². The van der Waals surface area contributed by atoms with Gasteiger partial charge in [-0.25, -0.2) is 4.79 Å². The summed E-state index contributed by atoms with van der Waals surface area (Å²) in [5.74, 6) is -0.548. The molecule has 34 heavy (non-hydrogen) atoms. The molecule has 0 aromatic heterocycles. The minimum absolute atomic E-state index is 0.0314. The second-order valence-corrected chi connectivity index (χ2v) is 7.43. The fourth-order valence-electron chi connectivity index (χ4n) is 3.92. The lowest BCUT2D eigenvalue weighted by Crippen LogP contribution is -2.54. The van der Waals surface area contributed by atoms with Crippen molar-refractivity contribution in [1.82, 2.24) is 4.90 Å². The van der Waals surface area contributed by atoms with Gasteiger partial charge in [0.25, 0.3) is 0 Å². The Labute approximate surface area is 193 Å². The van der Waals surface area contributed by atoms with Gasteiger partial charge in [0.1, 0.15) is 6.04 Å². The van der Waals surface area contributed by atoms with Crippen LogP contribution in [0.3, 0.4) is 0 Å². The predicted molar refractivity (Wildman–Crippen MR) is 116 cm³/mol. The molecule has 2 amide bonds. The summed E-state index contributed by atoms with van der Waals surface area (Å²) in [6, 6.07) is 10.3. The van der Waals surface area contributed by atoms with Crippen LogP contribution in [0, 0.1) is 28.1 Å². The van der Waals surface area contributed by atoms with Gasteiger partial charge in [-0.05, 0) is 54.8 Å². The van der Waals surface area contributed by atoms with E-state index < -0.39 is 29.8 Å². The first-order valence-corrected chi connectivity index (χ1v) is 9.94. The van der Waals surface area contributed by atoms with Crippen molar-refractivity contribution in [3.8, 4) is 12.1 Å². The fourth-order valence-corrected chi connectivity index (χ4v) is 3.92. The van der Waals surface area contributed by atoms with Crippen molar-refractivity contribution >= 4 is 17.7 Å². The summed E-state index contributed by atoms with van der Waals surface area (Å²) in [6.45, 7) is 1.16. The van der Waals surface area contributed by atoms with Gasteiger partial charge in [0.05, 0.1) is 28.8 Å². The molecule has 0 saturated heterocycles. The highest BCUT2D eigenvalue weighted by Gasteiger charge is 2.42. The number of benzene rings is 2. The van der Waals surface area contributed by atoms with E-state index in [2.05, 4.69) is 0 Å². The van der Waals surface area contributed by atoms with E-state index >= 15 is 0 Å². The zero-order chi connectivity index (χ0) is 25.2. The average molecular weight is 468 g/mol. The van der Waals surface area contributed by atoms with E-state index in [-0.39, 0.29) is 35.5 Å². The molecule has 8 nitrogen and oxygen atoms in total. The number of nitrogens with zero attached hydrogens (tertiary/aromatic N) is 4. The van der Waals surface area contributed by atoms with Crippen LogP contribution in [0.2, 0.25) is 0 Å². The Kier molecular flexibility index (Phi) is 6.61. The van der Waals surface area contributed by atoms with Crippen molar-refractivity contribution < 1.29 is 23.1 Å². The second-order valence-electron chi connectivity index (χ2n) is 7.43. The number of aliphatic hydroxyl groups is 1. The maximum atomic E-state index is 13.3. The molecule has 1 heterocycles. The first-order valence-electron chi connectivity index (χ1n) is 9.94. The van der Waals surface area contributed by atoms with E-state index in [0.29, 0.717) is 11.1 Å². The van der Waals surface area contributed by atoms with E-state index in [1.165, 1.54) is 31.2 Å². The number of aliphatic hydroxyl groups excluding tert-OH is 1. The Morgan fingerprint density at radius 2 is 1.91 bits per heavy atom. The smallest absolute Gasteiger partial charge is 0.396 e. The molecule has 0 unspecified atom stereocenters. The molecule has 0 saturated carbocycles. The molecule has 11 heteroatoms. The average Bonchev–Trinajstić information content (AvgIpc) is 2.78. The Bertz CT molecular complexity index is 1270. The highest BCUT2D eigenvalue weighted by Crippen LogP contribution is 2.41. The van der Waals surface area contributed by atoms with Gasteiger partial charge in [0.15, 0.2) is 0 Å². The lowest BCUT2D eigenvalue weighted by atomic mass is 9.88. The van der Waals surface area contributed by atoms with Crippen molar-refractivity contribution in [2.45, 2.75) is 25.6 Å². The standard InChI is InChI=1S/C23H19F3N6O2/c1-13-19(12-28)20(18-6-5-14(11-27)9-15(18)7-8-33)32(22(30)34)21(29)31(13)17-4-2-3-16(10-17)23(24,25)26/h2-6,9-10,20,29,33H,7-8H2,1H3,(H2,30,34)/t20-/m1/s1. The number of nitriles is 2. The molecule has 3 rings (SSSR count). The van der Waals surface area contributed by atoms with Gasteiger partial charge in [0, 0.05) is 18.0 Å². The zero-order valence-electron chi connectivity index (χ0n) is 17.9. The third kappa shape index (κ3) is 4.29. The number of alkyl halides is 3. The van der Waals surface area contributed by atoms with Crippen LogP contribution < -0.4 is 10.6 Å². The predicted octanol–water partition coefficient (Wildman–Crippen LogP) is 3.79. The largest absolute Gasteiger partial charge is 0.416 e. The molecule has 1 atom stereocenters. The highest BCUT2D eigenvalue weighted by atomic mass is 19.4. The minimum Gasteiger partial charge on any atom is -0.396 e. The van der Waals surface area contributed by atoms with E-state index in [9.17, 15) is 33.6 Å². The summed E-state index contributed by atoms with van der Waals surface area (Å²) < 4.78 is 39.8. The SMILES string of the molecule is CC1=C(C#N)[C@@H](c2ccc(C#N)cc2CCO)N(C(N)=O)C(=N)N1c1cccc(C(F)(F)F)c1. The number of halogens is 3. The number of urea groups is 1. The van der Waals surface area contributed by atoms with Gasteiger partial charge < -0.3 is 10.8 Å². The molecule has 0 aliphatic carbocycles. The van der Waals surface area contributed by atoms with Crippen LogP contribution in [0.5, 0.6) is 0 Å². The maximum absolute atomic E-state index is 13.3. The maximum Gasteiger partial charge on any atom is 0.416 e. The lowest BCUT2D eigenvalue weighted by molar-refractivity contribution is -0.137. The van der Waals surface area contributed by atoms with Crippen LogP contribution in [0.4, 0.5) is 23.7 Å². The van der Waals surface area contributed by atoms with Crippen molar-refractivity contribution in [3.63, 3.8) is 0 Å². The molecule has 174 valence electrons. The minimum atomic E-state index is -4.64. The number of nitrogens with two attached hydrogens (primary N) is 1. The highest BCUT2D eigenvalue weighted by molar-refractivity contribution is 6.07. The molecule has 4 N–H and O–H groups in total. The van der Waals surface area contributed by atoms with Gasteiger partial charge in [-0.2, -0.15) is 23.7 Å². The molecule has 1 aliphatic rings. The zero-order valence-corrected chi connectivity index (χ0v) is 17.9. The summed E-state index contributed by atoms with van der Waals surface area (Å²) in [7, 11) is 0. The van der Waals surface area contributed by atoms with Crippen LogP contribution in [0.25, 0.3) is 0 Å². The number of hydrogen-bond donors (Lipinski definition) is 3. The summed E-state index contributed by atoms with van der Waals surface area (Å²) >= 11 is 0. The molecule has 2 aromatic rings. The number of guanidine groups is 1. The molecule has 2 aromatic carbocycles. The number of anilines is 1. The first kappa shape index (κ1) is 24.3. The van der Waals surface area contributed by atoms with Crippen LogP contribution in [0.1, 0.15) is 35.2 Å². The van der Waals surface area contributed by atoms with E-state index in [1.807, 2.05) is 12.1 Å². The van der Waals surface area contributed by atoms with Gasteiger partial charge >= 0.3 is 12.2 Å². The number of nitrogens with one attached hydrogen (secondary N) is 1. The summed E-state index contributed by atoms with van der Waals surface area (Å²) in [6.07, 6.45) is -4.55. The van der Waals surface area contributed by atoms with Gasteiger partial charge in [-0.3, -0.25) is 15.2 Å². The third-order valence-electron chi connectivity index (χ3n) is 5.43. The molecular weight excluding hydrogens is 449 g/mol. The molecule has 0 fully saturated rings. The van der Waals surface area contributed by atoms with Gasteiger partial charge in [-0.15, -0.1) is 0 Å². The normalized spacial score (nSPS) is 16.3. The van der Waals surface area contributed by atoms with Crippen LogP contribution in [-0.4, -0.2) is 28.6 Å². The van der Waals surface area contributed by atoms with Crippen molar-refractivity contribution in [3.05, 3.63) is 76.0 Å².